The highest BCUT2D eigenvalue weighted by molar-refractivity contribution is 6.30. The lowest BCUT2D eigenvalue weighted by Gasteiger charge is -2.59. The van der Waals surface area contributed by atoms with Gasteiger partial charge in [0.15, 0.2) is 5.82 Å². The number of fused-ring (bicyclic) bond motifs is 3. The van der Waals surface area contributed by atoms with Crippen molar-refractivity contribution in [1.82, 2.24) is 24.6 Å². The predicted octanol–water partition coefficient (Wildman–Crippen LogP) is 4.83. The van der Waals surface area contributed by atoms with Gasteiger partial charge in [-0.1, -0.05) is 30.5 Å². The second-order valence-electron chi connectivity index (χ2n) is 10.9. The lowest BCUT2D eigenvalue weighted by molar-refractivity contribution is 0.0581. The average Bonchev–Trinajstić information content (AvgIpc) is 3.45. The van der Waals surface area contributed by atoms with E-state index in [1.165, 1.54) is 36.9 Å². The first-order valence-electron chi connectivity index (χ1n) is 12.7. The Balaban J connectivity index is 1.13. The second-order valence-corrected chi connectivity index (χ2v) is 11.3. The van der Waals surface area contributed by atoms with Crippen molar-refractivity contribution in [2.45, 2.75) is 63.6 Å². The van der Waals surface area contributed by atoms with Gasteiger partial charge in [0, 0.05) is 42.0 Å². The van der Waals surface area contributed by atoms with Gasteiger partial charge in [-0.15, -0.1) is 10.2 Å². The van der Waals surface area contributed by atoms with Gasteiger partial charge in [-0.2, -0.15) is 5.26 Å². The summed E-state index contributed by atoms with van der Waals surface area (Å²) in [7, 11) is 0. The quantitative estimate of drug-likeness (QED) is 0.529. The monoisotopic (exact) mass is 485 g/mol. The minimum atomic E-state index is 0.324. The number of pyridine rings is 1. The molecule has 3 fully saturated rings. The number of nitriles is 1. The Bertz CT molecular complexity index is 1320. The molecule has 2 aromatic heterocycles. The third kappa shape index (κ3) is 3.54. The maximum absolute atomic E-state index is 9.16. The number of rotatable bonds is 3. The van der Waals surface area contributed by atoms with Gasteiger partial charge in [0.25, 0.3) is 0 Å². The van der Waals surface area contributed by atoms with Crippen molar-refractivity contribution < 1.29 is 0 Å². The van der Waals surface area contributed by atoms with Crippen LogP contribution in [0.1, 0.15) is 67.3 Å². The van der Waals surface area contributed by atoms with Crippen LogP contribution in [-0.4, -0.2) is 43.8 Å². The summed E-state index contributed by atoms with van der Waals surface area (Å²) in [4.78, 5) is 9.35. The van der Waals surface area contributed by atoms with Crippen LogP contribution in [0, 0.1) is 16.7 Å². The molecule has 2 aliphatic carbocycles. The lowest BCUT2D eigenvalue weighted by atomic mass is 9.57. The number of hydrogen-bond donors (Lipinski definition) is 0. The van der Waals surface area contributed by atoms with E-state index >= 15 is 0 Å². The molecular weight excluding hydrogens is 458 g/mol. The smallest absolute Gasteiger partial charge is 0.151 e. The van der Waals surface area contributed by atoms with Crippen molar-refractivity contribution in [3.8, 4) is 11.8 Å². The third-order valence-corrected chi connectivity index (χ3v) is 8.78. The SMILES string of the molecule is N#Cc1cccc(N2CC3(CC(c4nnc5n4-c4ccc(Cl)cc4CN(C4CCCC4)C5)C3)C2)n1. The molecule has 4 aliphatic rings. The largest absolute Gasteiger partial charge is 0.355 e. The summed E-state index contributed by atoms with van der Waals surface area (Å²) in [6.45, 7) is 3.75. The van der Waals surface area contributed by atoms with Gasteiger partial charge < -0.3 is 4.90 Å². The molecule has 1 aromatic carbocycles. The van der Waals surface area contributed by atoms with Gasteiger partial charge in [-0.05, 0) is 61.6 Å². The van der Waals surface area contributed by atoms with Gasteiger partial charge in [0.05, 0.1) is 12.2 Å². The zero-order valence-corrected chi connectivity index (χ0v) is 20.5. The summed E-state index contributed by atoms with van der Waals surface area (Å²) in [6, 6.07) is 14.7. The molecule has 1 saturated heterocycles. The maximum Gasteiger partial charge on any atom is 0.151 e. The van der Waals surface area contributed by atoms with E-state index in [0.29, 0.717) is 23.1 Å². The van der Waals surface area contributed by atoms with Crippen molar-refractivity contribution in [3.05, 3.63) is 64.3 Å². The van der Waals surface area contributed by atoms with Crippen LogP contribution in [0.25, 0.3) is 5.69 Å². The van der Waals surface area contributed by atoms with Gasteiger partial charge in [0.1, 0.15) is 23.4 Å². The minimum absolute atomic E-state index is 0.324. The Morgan fingerprint density at radius 3 is 2.66 bits per heavy atom. The second kappa shape index (κ2) is 8.04. The van der Waals surface area contributed by atoms with Crippen molar-refractivity contribution in [2.24, 2.45) is 5.41 Å². The molecule has 2 aliphatic heterocycles. The van der Waals surface area contributed by atoms with E-state index in [4.69, 9.17) is 27.1 Å². The molecule has 3 aromatic rings. The lowest BCUT2D eigenvalue weighted by Crippen LogP contribution is -2.62. The first kappa shape index (κ1) is 21.3. The molecule has 1 spiro atoms. The van der Waals surface area contributed by atoms with Gasteiger partial charge in [-0.3, -0.25) is 9.47 Å². The zero-order valence-electron chi connectivity index (χ0n) is 19.7. The van der Waals surface area contributed by atoms with E-state index < -0.39 is 0 Å². The van der Waals surface area contributed by atoms with Crippen molar-refractivity contribution >= 4 is 17.4 Å². The molecule has 0 unspecified atom stereocenters. The van der Waals surface area contributed by atoms with Crippen LogP contribution in [0.15, 0.2) is 36.4 Å². The van der Waals surface area contributed by atoms with Crippen LogP contribution in [-0.2, 0) is 13.1 Å². The Hall–Kier alpha value is -2.95. The summed E-state index contributed by atoms with van der Waals surface area (Å²) < 4.78 is 2.34. The topological polar surface area (TPSA) is 73.9 Å². The molecule has 0 bridgehead atoms. The van der Waals surface area contributed by atoms with E-state index in [0.717, 1.165) is 61.5 Å². The number of anilines is 1. The van der Waals surface area contributed by atoms with Gasteiger partial charge in [0.2, 0.25) is 0 Å². The number of benzene rings is 1. The fourth-order valence-electron chi connectivity index (χ4n) is 6.86. The van der Waals surface area contributed by atoms with Crippen LogP contribution < -0.4 is 4.90 Å². The number of halogens is 1. The Morgan fingerprint density at radius 1 is 1.03 bits per heavy atom. The van der Waals surface area contributed by atoms with Gasteiger partial charge >= 0.3 is 0 Å². The molecule has 4 heterocycles. The molecule has 0 radical (unpaired) electrons. The van der Waals surface area contributed by atoms with Crippen LogP contribution >= 0.6 is 11.6 Å². The summed E-state index contributed by atoms with van der Waals surface area (Å²) in [6.07, 6.45) is 7.41. The zero-order chi connectivity index (χ0) is 23.6. The summed E-state index contributed by atoms with van der Waals surface area (Å²) >= 11 is 6.44. The van der Waals surface area contributed by atoms with E-state index in [-0.39, 0.29) is 0 Å². The Labute approximate surface area is 210 Å². The highest BCUT2D eigenvalue weighted by Crippen LogP contribution is 2.56. The molecule has 178 valence electrons. The molecule has 0 amide bonds. The molecule has 2 saturated carbocycles. The van der Waals surface area contributed by atoms with Gasteiger partial charge in [-0.25, -0.2) is 4.98 Å². The molecule has 7 rings (SSSR count). The normalized spacial score (nSPS) is 21.7. The van der Waals surface area contributed by atoms with E-state index in [2.05, 4.69) is 37.6 Å². The minimum Gasteiger partial charge on any atom is -0.355 e. The number of aromatic nitrogens is 4. The van der Waals surface area contributed by atoms with E-state index in [1.54, 1.807) is 6.07 Å². The molecule has 7 nitrogen and oxygen atoms in total. The fourth-order valence-corrected chi connectivity index (χ4v) is 7.05. The van der Waals surface area contributed by atoms with Crippen molar-refractivity contribution in [2.75, 3.05) is 18.0 Å². The first-order chi connectivity index (χ1) is 17.1. The van der Waals surface area contributed by atoms with Crippen molar-refractivity contribution in [3.63, 3.8) is 0 Å². The summed E-state index contributed by atoms with van der Waals surface area (Å²) in [5.41, 5.74) is 3.27. The summed E-state index contributed by atoms with van der Waals surface area (Å²) in [5.74, 6) is 3.48. The van der Waals surface area contributed by atoms with Crippen LogP contribution in [0.3, 0.4) is 0 Å². The number of nitrogens with zero attached hydrogens (tertiary/aromatic N) is 7. The number of hydrogen-bond acceptors (Lipinski definition) is 6. The molecule has 8 heteroatoms. The van der Waals surface area contributed by atoms with Crippen molar-refractivity contribution in [1.29, 1.82) is 5.26 Å². The fraction of sp³-hybridized carbons (Fsp3) is 0.481. The third-order valence-electron chi connectivity index (χ3n) is 8.55. The van der Waals surface area contributed by atoms with E-state index in [1.807, 2.05) is 18.2 Å². The molecule has 0 N–H and O–H groups in total. The molecular formula is C27H28ClN7. The van der Waals surface area contributed by atoms with Crippen LogP contribution in [0.2, 0.25) is 5.02 Å². The van der Waals surface area contributed by atoms with E-state index in [9.17, 15) is 0 Å². The average molecular weight is 486 g/mol. The van der Waals surface area contributed by atoms with Crippen LogP contribution in [0.4, 0.5) is 5.82 Å². The molecule has 0 atom stereocenters. The summed E-state index contributed by atoms with van der Waals surface area (Å²) in [5, 5.41) is 19.4. The Kier molecular flexibility index (Phi) is 4.90. The highest BCUT2D eigenvalue weighted by atomic mass is 35.5. The van der Waals surface area contributed by atoms with Crippen LogP contribution in [0.5, 0.6) is 0 Å². The maximum atomic E-state index is 9.16. The Morgan fingerprint density at radius 2 is 1.86 bits per heavy atom. The highest BCUT2D eigenvalue weighted by Gasteiger charge is 2.54. The molecule has 35 heavy (non-hydrogen) atoms. The predicted molar refractivity (Wildman–Crippen MR) is 133 cm³/mol. The first-order valence-corrected chi connectivity index (χ1v) is 13.1. The standard InChI is InChI=1S/C27H28ClN7/c28-20-8-9-23-18(10-20)14-33(22-5-1-2-6-22)15-25-31-32-26(35(23)25)19-11-27(12-19)16-34(17-27)24-7-3-4-21(13-29)30-24/h3-4,7-10,19,22H,1-2,5-6,11-12,14-17H2.